The number of Topliss-reactive ketones (excluding diaryl/α,β-unsaturated/α-hetero) is 1. The number of rotatable bonds is 10. The van der Waals surface area contributed by atoms with Crippen LogP contribution in [0.1, 0.15) is 60.2 Å². The molecule has 0 bridgehead atoms. The fourth-order valence-electron chi connectivity index (χ4n) is 2.71. The maximum atomic E-state index is 12.2. The summed E-state index contributed by atoms with van der Waals surface area (Å²) >= 11 is 5.81. The van der Waals surface area contributed by atoms with Gasteiger partial charge in [-0.3, -0.25) is 9.59 Å². The van der Waals surface area contributed by atoms with Crippen molar-refractivity contribution in [3.8, 4) is 0 Å². The normalized spacial score (nSPS) is 11.8. The molecule has 144 valence electrons. The van der Waals surface area contributed by atoms with Crippen molar-refractivity contribution in [3.63, 3.8) is 0 Å². The van der Waals surface area contributed by atoms with E-state index in [0.29, 0.717) is 16.1 Å². The van der Waals surface area contributed by atoms with Gasteiger partial charge < -0.3 is 10.4 Å². The Morgan fingerprint density at radius 1 is 1.04 bits per heavy atom. The van der Waals surface area contributed by atoms with Crippen LogP contribution in [0.15, 0.2) is 48.5 Å². The molecule has 0 heterocycles. The van der Waals surface area contributed by atoms with Crippen molar-refractivity contribution in [1.82, 2.24) is 5.32 Å². The van der Waals surface area contributed by atoms with Crippen molar-refractivity contribution in [2.24, 2.45) is 0 Å². The van der Waals surface area contributed by atoms with Gasteiger partial charge in [0, 0.05) is 30.0 Å². The topological polar surface area (TPSA) is 66.4 Å². The number of aliphatic hydroxyl groups excluding tert-OH is 1. The summed E-state index contributed by atoms with van der Waals surface area (Å²) < 4.78 is 0. The minimum atomic E-state index is -0.808. The summed E-state index contributed by atoms with van der Waals surface area (Å²) in [6.45, 7) is 2.25. The quantitative estimate of drug-likeness (QED) is 0.590. The number of amides is 1. The van der Waals surface area contributed by atoms with Crippen LogP contribution < -0.4 is 5.32 Å². The molecule has 2 aromatic rings. The highest BCUT2D eigenvalue weighted by atomic mass is 35.5. The van der Waals surface area contributed by atoms with Crippen LogP contribution in [0.25, 0.3) is 0 Å². The second kappa shape index (κ2) is 10.9. The largest absolute Gasteiger partial charge is 0.387 e. The molecule has 0 aliphatic heterocycles. The van der Waals surface area contributed by atoms with Crippen LogP contribution in [0.3, 0.4) is 0 Å². The number of hydrogen-bond acceptors (Lipinski definition) is 3. The molecule has 2 aromatic carbocycles. The number of carbonyl (C=O) groups is 2. The molecule has 0 aliphatic rings. The third kappa shape index (κ3) is 7.16. The van der Waals surface area contributed by atoms with Gasteiger partial charge in [0.1, 0.15) is 0 Å². The van der Waals surface area contributed by atoms with E-state index >= 15 is 0 Å². The van der Waals surface area contributed by atoms with Gasteiger partial charge in [-0.25, -0.2) is 0 Å². The molecule has 27 heavy (non-hydrogen) atoms. The summed E-state index contributed by atoms with van der Waals surface area (Å²) in [6, 6.07) is 14.4. The molecular formula is C22H26ClNO3. The molecule has 5 heteroatoms. The van der Waals surface area contributed by atoms with Crippen LogP contribution in [0, 0.1) is 0 Å². The molecular weight excluding hydrogens is 362 g/mol. The van der Waals surface area contributed by atoms with Gasteiger partial charge in [0.25, 0.3) is 0 Å². The standard InChI is InChI=1S/C22H26ClNO3/c1-2-3-4-16-5-7-17(8-6-16)20(25)13-14-22(27)24-15-21(26)18-9-11-19(23)12-10-18/h5-12,21,26H,2-4,13-15H2,1H3,(H,24,27). The van der Waals surface area contributed by atoms with Gasteiger partial charge in [0.05, 0.1) is 6.10 Å². The number of aryl methyl sites for hydroxylation is 1. The minimum Gasteiger partial charge on any atom is -0.387 e. The van der Waals surface area contributed by atoms with Crippen molar-refractivity contribution in [1.29, 1.82) is 0 Å². The molecule has 4 nitrogen and oxygen atoms in total. The molecule has 1 amide bonds. The van der Waals surface area contributed by atoms with E-state index in [1.807, 2.05) is 24.3 Å². The van der Waals surface area contributed by atoms with Crippen LogP contribution in [0.2, 0.25) is 5.02 Å². The molecule has 1 atom stereocenters. The van der Waals surface area contributed by atoms with Crippen LogP contribution in [0.5, 0.6) is 0 Å². The predicted molar refractivity (Wildman–Crippen MR) is 108 cm³/mol. The second-order valence-corrected chi connectivity index (χ2v) is 7.03. The number of unbranched alkanes of at least 4 members (excludes halogenated alkanes) is 1. The Hall–Kier alpha value is -2.17. The van der Waals surface area contributed by atoms with Gasteiger partial charge in [0.15, 0.2) is 5.78 Å². The molecule has 1 unspecified atom stereocenters. The van der Waals surface area contributed by atoms with Gasteiger partial charge in [-0.15, -0.1) is 0 Å². The van der Waals surface area contributed by atoms with Crippen molar-refractivity contribution in [2.75, 3.05) is 6.54 Å². The molecule has 0 fully saturated rings. The number of nitrogens with one attached hydrogen (secondary N) is 1. The SMILES string of the molecule is CCCCc1ccc(C(=O)CCC(=O)NCC(O)c2ccc(Cl)cc2)cc1. The highest BCUT2D eigenvalue weighted by molar-refractivity contribution is 6.30. The summed E-state index contributed by atoms with van der Waals surface area (Å²) in [5.74, 6) is -0.304. The lowest BCUT2D eigenvalue weighted by Gasteiger charge is -2.12. The van der Waals surface area contributed by atoms with E-state index in [4.69, 9.17) is 11.6 Å². The van der Waals surface area contributed by atoms with Crippen LogP contribution >= 0.6 is 11.6 Å². The van der Waals surface area contributed by atoms with E-state index in [1.54, 1.807) is 24.3 Å². The average molecular weight is 388 g/mol. The Labute approximate surface area is 165 Å². The number of halogens is 1. The van der Waals surface area contributed by atoms with Crippen molar-refractivity contribution < 1.29 is 14.7 Å². The number of hydrogen-bond donors (Lipinski definition) is 2. The summed E-state index contributed by atoms with van der Waals surface area (Å²) in [5, 5.41) is 13.3. The Morgan fingerprint density at radius 2 is 1.70 bits per heavy atom. The average Bonchev–Trinajstić information content (AvgIpc) is 2.69. The highest BCUT2D eigenvalue weighted by Gasteiger charge is 2.12. The van der Waals surface area contributed by atoms with Crippen LogP contribution in [-0.2, 0) is 11.2 Å². The summed E-state index contributed by atoms with van der Waals surface area (Å²) in [6.07, 6.45) is 2.74. The fraction of sp³-hybridized carbons (Fsp3) is 0.364. The van der Waals surface area contributed by atoms with E-state index in [1.165, 1.54) is 5.56 Å². The smallest absolute Gasteiger partial charge is 0.220 e. The minimum absolute atomic E-state index is 0.0505. The van der Waals surface area contributed by atoms with Crippen LogP contribution in [0.4, 0.5) is 0 Å². The highest BCUT2D eigenvalue weighted by Crippen LogP contribution is 2.16. The molecule has 0 saturated carbocycles. The maximum absolute atomic E-state index is 12.2. The first-order valence-corrected chi connectivity index (χ1v) is 9.69. The third-order valence-electron chi connectivity index (χ3n) is 4.42. The van der Waals surface area contributed by atoms with Gasteiger partial charge >= 0.3 is 0 Å². The van der Waals surface area contributed by atoms with E-state index < -0.39 is 6.10 Å². The molecule has 2 rings (SSSR count). The number of aliphatic hydroxyl groups is 1. The Morgan fingerprint density at radius 3 is 2.33 bits per heavy atom. The fourth-order valence-corrected chi connectivity index (χ4v) is 2.84. The van der Waals surface area contributed by atoms with Gasteiger partial charge in [-0.05, 0) is 36.1 Å². The van der Waals surface area contributed by atoms with Crippen molar-refractivity contribution in [3.05, 3.63) is 70.2 Å². The molecule has 0 aromatic heterocycles. The third-order valence-corrected chi connectivity index (χ3v) is 4.67. The number of benzene rings is 2. The Kier molecular flexibility index (Phi) is 8.49. The predicted octanol–water partition coefficient (Wildman–Crippen LogP) is 4.50. The van der Waals surface area contributed by atoms with Crippen molar-refractivity contribution >= 4 is 23.3 Å². The van der Waals surface area contributed by atoms with Gasteiger partial charge in [0.2, 0.25) is 5.91 Å². The molecule has 0 spiro atoms. The number of ketones is 1. The first kappa shape index (κ1) is 21.1. The monoisotopic (exact) mass is 387 g/mol. The lowest BCUT2D eigenvalue weighted by Crippen LogP contribution is -2.28. The lowest BCUT2D eigenvalue weighted by atomic mass is 10.0. The molecule has 0 radical (unpaired) electrons. The zero-order valence-electron chi connectivity index (χ0n) is 15.6. The Bertz CT molecular complexity index is 741. The van der Waals surface area contributed by atoms with E-state index in [-0.39, 0.29) is 31.1 Å². The summed E-state index contributed by atoms with van der Waals surface area (Å²) in [7, 11) is 0. The zero-order chi connectivity index (χ0) is 19.6. The van der Waals surface area contributed by atoms with E-state index in [9.17, 15) is 14.7 Å². The van der Waals surface area contributed by atoms with Crippen molar-refractivity contribution in [2.45, 2.75) is 45.1 Å². The van der Waals surface area contributed by atoms with E-state index in [0.717, 1.165) is 19.3 Å². The lowest BCUT2D eigenvalue weighted by molar-refractivity contribution is -0.121. The second-order valence-electron chi connectivity index (χ2n) is 6.60. The molecule has 0 saturated heterocycles. The van der Waals surface area contributed by atoms with E-state index in [2.05, 4.69) is 12.2 Å². The van der Waals surface area contributed by atoms with Gasteiger partial charge in [-0.1, -0.05) is 61.3 Å². The van der Waals surface area contributed by atoms with Gasteiger partial charge in [-0.2, -0.15) is 0 Å². The summed E-state index contributed by atoms with van der Waals surface area (Å²) in [5.41, 5.74) is 2.53. The molecule has 2 N–H and O–H groups in total. The molecule has 0 aliphatic carbocycles. The van der Waals surface area contributed by atoms with Crippen LogP contribution in [-0.4, -0.2) is 23.3 Å². The first-order chi connectivity index (χ1) is 13.0. The number of carbonyl (C=O) groups excluding carboxylic acids is 2. The Balaban J connectivity index is 1.74. The zero-order valence-corrected chi connectivity index (χ0v) is 16.3. The maximum Gasteiger partial charge on any atom is 0.220 e. The summed E-state index contributed by atoms with van der Waals surface area (Å²) in [4.78, 5) is 24.2. The first-order valence-electron chi connectivity index (χ1n) is 9.32.